The van der Waals surface area contributed by atoms with Gasteiger partial charge in [-0.1, -0.05) is 19.1 Å². The number of carbonyl (C=O) groups is 1. The highest BCUT2D eigenvalue weighted by Crippen LogP contribution is 2.08. The largest absolute Gasteiger partial charge is 0.478 e. The Morgan fingerprint density at radius 3 is 2.44 bits per heavy atom. The van der Waals surface area contributed by atoms with Crippen LogP contribution >= 0.6 is 0 Å². The number of ether oxygens (including phenoxy) is 1. The van der Waals surface area contributed by atoms with Crippen LogP contribution in [0.5, 0.6) is 0 Å². The van der Waals surface area contributed by atoms with E-state index in [2.05, 4.69) is 11.8 Å². The maximum atomic E-state index is 10.7. The zero-order chi connectivity index (χ0) is 13.5. The van der Waals surface area contributed by atoms with Gasteiger partial charge in [0.05, 0.1) is 11.7 Å². The third-order valence-electron chi connectivity index (χ3n) is 2.97. The molecule has 18 heavy (non-hydrogen) atoms. The normalized spacial score (nSPS) is 12.7. The molecule has 0 spiro atoms. The van der Waals surface area contributed by atoms with Crippen LogP contribution in [-0.2, 0) is 11.3 Å². The quantitative estimate of drug-likeness (QED) is 0.807. The Kier molecular flexibility index (Phi) is 5.82. The van der Waals surface area contributed by atoms with Gasteiger partial charge in [0.15, 0.2) is 0 Å². The number of likely N-dealkylation sites (N-methyl/N-ethyl adjacent to an activating group) is 1. The van der Waals surface area contributed by atoms with E-state index >= 15 is 0 Å². The molecule has 0 fully saturated rings. The first-order valence-corrected chi connectivity index (χ1v) is 6.14. The molecule has 1 aromatic carbocycles. The van der Waals surface area contributed by atoms with Gasteiger partial charge in [-0.05, 0) is 31.2 Å². The summed E-state index contributed by atoms with van der Waals surface area (Å²) < 4.78 is 5.25. The van der Waals surface area contributed by atoms with Crippen LogP contribution in [0.15, 0.2) is 24.3 Å². The number of methoxy groups -OCH3 is 1. The molecule has 0 saturated heterocycles. The van der Waals surface area contributed by atoms with Crippen molar-refractivity contribution in [1.82, 2.24) is 4.90 Å². The van der Waals surface area contributed by atoms with Gasteiger partial charge in [-0.25, -0.2) is 4.79 Å². The van der Waals surface area contributed by atoms with Gasteiger partial charge in [0.2, 0.25) is 0 Å². The number of rotatable bonds is 7. The Bertz CT molecular complexity index is 375. The summed E-state index contributed by atoms with van der Waals surface area (Å²) >= 11 is 0. The van der Waals surface area contributed by atoms with E-state index < -0.39 is 5.97 Å². The molecule has 0 heterocycles. The molecule has 0 radical (unpaired) electrons. The van der Waals surface area contributed by atoms with Crippen molar-refractivity contribution in [3.8, 4) is 0 Å². The molecule has 0 aliphatic carbocycles. The van der Waals surface area contributed by atoms with Gasteiger partial charge < -0.3 is 9.84 Å². The highest BCUT2D eigenvalue weighted by molar-refractivity contribution is 5.87. The Hall–Kier alpha value is -1.39. The average Bonchev–Trinajstić information content (AvgIpc) is 2.38. The van der Waals surface area contributed by atoms with E-state index in [9.17, 15) is 4.79 Å². The second kappa shape index (κ2) is 7.13. The van der Waals surface area contributed by atoms with Crippen LogP contribution in [0.4, 0.5) is 0 Å². The number of hydrogen-bond donors (Lipinski definition) is 1. The molecule has 100 valence electrons. The summed E-state index contributed by atoms with van der Waals surface area (Å²) in [6, 6.07) is 7.02. The smallest absolute Gasteiger partial charge is 0.335 e. The van der Waals surface area contributed by atoms with Crippen molar-refractivity contribution in [2.24, 2.45) is 0 Å². The van der Waals surface area contributed by atoms with Crippen molar-refractivity contribution in [3.05, 3.63) is 35.4 Å². The summed E-state index contributed by atoms with van der Waals surface area (Å²) in [6.07, 6.45) is 0.197. The topological polar surface area (TPSA) is 49.8 Å². The van der Waals surface area contributed by atoms with Crippen molar-refractivity contribution in [2.45, 2.75) is 26.5 Å². The lowest BCUT2D eigenvalue weighted by atomic mass is 10.1. The van der Waals surface area contributed by atoms with Gasteiger partial charge in [-0.3, -0.25) is 4.90 Å². The van der Waals surface area contributed by atoms with Crippen LogP contribution in [0.2, 0.25) is 0 Å². The monoisotopic (exact) mass is 251 g/mol. The average molecular weight is 251 g/mol. The predicted molar refractivity (Wildman–Crippen MR) is 70.8 cm³/mol. The minimum atomic E-state index is -0.887. The zero-order valence-corrected chi connectivity index (χ0v) is 11.2. The molecule has 1 rings (SSSR count). The summed E-state index contributed by atoms with van der Waals surface area (Å²) in [6.45, 7) is 6.76. The summed E-state index contributed by atoms with van der Waals surface area (Å²) in [5.41, 5.74) is 1.44. The fourth-order valence-corrected chi connectivity index (χ4v) is 1.75. The molecule has 0 aliphatic heterocycles. The van der Waals surface area contributed by atoms with Gasteiger partial charge in [-0.2, -0.15) is 0 Å². The standard InChI is InChI=1S/C14H21NO3/c1-4-15(9-11(2)18-3)10-12-5-7-13(8-6-12)14(16)17/h5-8,11H,4,9-10H2,1-3H3,(H,16,17). The van der Waals surface area contributed by atoms with Crippen molar-refractivity contribution >= 4 is 5.97 Å². The van der Waals surface area contributed by atoms with E-state index in [-0.39, 0.29) is 6.10 Å². The number of aromatic carboxylic acids is 1. The van der Waals surface area contributed by atoms with Crippen LogP contribution in [0.3, 0.4) is 0 Å². The van der Waals surface area contributed by atoms with Crippen molar-refractivity contribution in [1.29, 1.82) is 0 Å². The molecule has 1 unspecified atom stereocenters. The second-order valence-corrected chi connectivity index (χ2v) is 4.38. The van der Waals surface area contributed by atoms with Crippen LogP contribution < -0.4 is 0 Å². The molecule has 4 nitrogen and oxygen atoms in total. The molecule has 4 heteroatoms. The molecular weight excluding hydrogens is 230 g/mol. The van der Waals surface area contributed by atoms with Crippen molar-refractivity contribution in [2.75, 3.05) is 20.2 Å². The highest BCUT2D eigenvalue weighted by Gasteiger charge is 2.09. The van der Waals surface area contributed by atoms with Gasteiger partial charge in [0.1, 0.15) is 0 Å². The maximum Gasteiger partial charge on any atom is 0.335 e. The number of carboxylic acids is 1. The molecule has 0 amide bonds. The molecule has 0 bridgehead atoms. The number of carboxylic acid groups (broad SMARTS) is 1. The van der Waals surface area contributed by atoms with E-state index in [0.717, 1.165) is 25.2 Å². The Balaban J connectivity index is 2.61. The first kappa shape index (κ1) is 14.7. The Morgan fingerprint density at radius 2 is 2.00 bits per heavy atom. The third-order valence-corrected chi connectivity index (χ3v) is 2.97. The molecular formula is C14H21NO3. The molecule has 1 aromatic rings. The van der Waals surface area contributed by atoms with Crippen LogP contribution in [-0.4, -0.2) is 42.3 Å². The van der Waals surface area contributed by atoms with Crippen molar-refractivity contribution < 1.29 is 14.6 Å². The fourth-order valence-electron chi connectivity index (χ4n) is 1.75. The summed E-state index contributed by atoms with van der Waals surface area (Å²) in [5, 5.41) is 8.83. The van der Waals surface area contributed by atoms with E-state index in [1.807, 2.05) is 19.1 Å². The molecule has 1 atom stereocenters. The maximum absolute atomic E-state index is 10.7. The van der Waals surface area contributed by atoms with Gasteiger partial charge in [-0.15, -0.1) is 0 Å². The number of benzene rings is 1. The lowest BCUT2D eigenvalue weighted by Gasteiger charge is -2.23. The SMILES string of the molecule is CCN(Cc1ccc(C(=O)O)cc1)CC(C)OC. The van der Waals surface area contributed by atoms with Gasteiger partial charge in [0, 0.05) is 20.2 Å². The van der Waals surface area contributed by atoms with E-state index in [4.69, 9.17) is 9.84 Å². The minimum absolute atomic E-state index is 0.197. The predicted octanol–water partition coefficient (Wildman–Crippen LogP) is 2.24. The van der Waals surface area contributed by atoms with Gasteiger partial charge in [0.25, 0.3) is 0 Å². The summed E-state index contributed by atoms with van der Waals surface area (Å²) in [7, 11) is 1.71. The third kappa shape index (κ3) is 4.47. The lowest BCUT2D eigenvalue weighted by Crippen LogP contribution is -2.31. The van der Waals surface area contributed by atoms with E-state index in [0.29, 0.717) is 5.56 Å². The first-order chi connectivity index (χ1) is 8.56. The van der Waals surface area contributed by atoms with Crippen molar-refractivity contribution in [3.63, 3.8) is 0 Å². The van der Waals surface area contributed by atoms with E-state index in [1.54, 1.807) is 19.2 Å². The van der Waals surface area contributed by atoms with E-state index in [1.165, 1.54) is 0 Å². The Morgan fingerprint density at radius 1 is 1.39 bits per heavy atom. The zero-order valence-electron chi connectivity index (χ0n) is 11.2. The molecule has 0 aromatic heterocycles. The Labute approximate surface area is 108 Å². The molecule has 1 N–H and O–H groups in total. The van der Waals surface area contributed by atoms with Crippen LogP contribution in [0.1, 0.15) is 29.8 Å². The minimum Gasteiger partial charge on any atom is -0.478 e. The van der Waals surface area contributed by atoms with Crippen LogP contribution in [0.25, 0.3) is 0 Å². The fraction of sp³-hybridized carbons (Fsp3) is 0.500. The second-order valence-electron chi connectivity index (χ2n) is 4.38. The molecule has 0 saturated carbocycles. The summed E-state index contributed by atoms with van der Waals surface area (Å²) in [5.74, 6) is -0.887. The summed E-state index contributed by atoms with van der Waals surface area (Å²) in [4.78, 5) is 13.0. The number of nitrogens with zero attached hydrogens (tertiary/aromatic N) is 1. The first-order valence-electron chi connectivity index (χ1n) is 6.14. The number of hydrogen-bond acceptors (Lipinski definition) is 3. The molecule has 0 aliphatic rings. The lowest BCUT2D eigenvalue weighted by molar-refractivity contribution is 0.0697. The van der Waals surface area contributed by atoms with Gasteiger partial charge >= 0.3 is 5.97 Å². The van der Waals surface area contributed by atoms with Crippen LogP contribution in [0, 0.1) is 0 Å². The highest BCUT2D eigenvalue weighted by atomic mass is 16.5.